The average molecular weight is 300 g/mol. The van der Waals surface area contributed by atoms with E-state index in [1.165, 1.54) is 0 Å². The van der Waals surface area contributed by atoms with Gasteiger partial charge in [-0.3, -0.25) is 9.59 Å². The first-order valence-electron chi connectivity index (χ1n) is 8.07. The van der Waals surface area contributed by atoms with Crippen molar-refractivity contribution in [3.63, 3.8) is 0 Å². The lowest BCUT2D eigenvalue weighted by Crippen LogP contribution is -2.51. The lowest BCUT2D eigenvalue weighted by Gasteiger charge is -2.37. The number of carbonyl (C=O) groups is 2. The topological polar surface area (TPSA) is 72.8 Å². The molecule has 5 nitrogen and oxygen atoms in total. The van der Waals surface area contributed by atoms with E-state index in [2.05, 4.69) is 0 Å². The molecule has 2 atom stereocenters. The number of rotatable bonds is 6. The molecule has 0 bridgehead atoms. The average Bonchev–Trinajstić information content (AvgIpc) is 2.67. The van der Waals surface area contributed by atoms with Crippen LogP contribution in [0.2, 0.25) is 0 Å². The second kappa shape index (κ2) is 8.37. The third-order valence-corrected chi connectivity index (χ3v) is 4.45. The van der Waals surface area contributed by atoms with Gasteiger partial charge in [-0.2, -0.15) is 0 Å². The number of esters is 2. The van der Waals surface area contributed by atoms with Gasteiger partial charge < -0.3 is 14.6 Å². The molecule has 1 aliphatic carbocycles. The predicted molar refractivity (Wildman–Crippen MR) is 78.6 cm³/mol. The van der Waals surface area contributed by atoms with Gasteiger partial charge in [-0.05, 0) is 33.1 Å². The molecule has 5 heteroatoms. The highest BCUT2D eigenvalue weighted by Crippen LogP contribution is 2.42. The molecule has 1 fully saturated rings. The van der Waals surface area contributed by atoms with Gasteiger partial charge in [-0.15, -0.1) is 0 Å². The minimum atomic E-state index is -1.38. The number of hydrogen-bond acceptors (Lipinski definition) is 5. The van der Waals surface area contributed by atoms with Crippen molar-refractivity contribution >= 4 is 11.9 Å². The van der Waals surface area contributed by atoms with Gasteiger partial charge in [0.2, 0.25) is 0 Å². The van der Waals surface area contributed by atoms with Gasteiger partial charge in [0.05, 0.1) is 19.3 Å². The Kier molecular flexibility index (Phi) is 7.15. The standard InChI is InChI=1S/C16H28O5/c1-4-16(14(18)20-5-2,15(19)21-6-3)12-10-8-7-9-11-13(12)17/h12-13,17H,4-11H2,1-3H3. The monoisotopic (exact) mass is 300 g/mol. The van der Waals surface area contributed by atoms with Crippen LogP contribution in [0.4, 0.5) is 0 Å². The maximum atomic E-state index is 12.5. The highest BCUT2D eigenvalue weighted by molar-refractivity contribution is 6.00. The summed E-state index contributed by atoms with van der Waals surface area (Å²) >= 11 is 0. The molecule has 1 aliphatic rings. The Balaban J connectivity index is 3.19. The van der Waals surface area contributed by atoms with Gasteiger partial charge in [0.1, 0.15) is 0 Å². The van der Waals surface area contributed by atoms with E-state index in [1.54, 1.807) is 20.8 Å². The van der Waals surface area contributed by atoms with E-state index in [0.29, 0.717) is 12.8 Å². The highest BCUT2D eigenvalue weighted by Gasteiger charge is 2.55. The quantitative estimate of drug-likeness (QED) is 0.463. The van der Waals surface area contributed by atoms with Gasteiger partial charge in [-0.25, -0.2) is 0 Å². The first-order valence-corrected chi connectivity index (χ1v) is 8.07. The van der Waals surface area contributed by atoms with Gasteiger partial charge >= 0.3 is 11.9 Å². The van der Waals surface area contributed by atoms with Crippen LogP contribution in [-0.4, -0.2) is 36.4 Å². The van der Waals surface area contributed by atoms with Crippen LogP contribution in [0.25, 0.3) is 0 Å². The fourth-order valence-corrected chi connectivity index (χ4v) is 3.32. The maximum absolute atomic E-state index is 12.5. The van der Waals surface area contributed by atoms with Crippen molar-refractivity contribution in [2.24, 2.45) is 11.3 Å². The number of ether oxygens (including phenoxy) is 2. The Morgan fingerprint density at radius 2 is 1.52 bits per heavy atom. The van der Waals surface area contributed by atoms with Crippen LogP contribution in [-0.2, 0) is 19.1 Å². The second-order valence-electron chi connectivity index (χ2n) is 5.58. The zero-order chi connectivity index (χ0) is 15.9. The fourth-order valence-electron chi connectivity index (χ4n) is 3.32. The van der Waals surface area contributed by atoms with Crippen molar-refractivity contribution in [3.8, 4) is 0 Å². The van der Waals surface area contributed by atoms with Crippen LogP contribution in [0.1, 0.15) is 59.3 Å². The second-order valence-corrected chi connectivity index (χ2v) is 5.58. The summed E-state index contributed by atoms with van der Waals surface area (Å²) in [6.07, 6.45) is 3.72. The van der Waals surface area contributed by atoms with E-state index in [9.17, 15) is 14.7 Å². The van der Waals surface area contributed by atoms with E-state index in [4.69, 9.17) is 9.47 Å². The zero-order valence-corrected chi connectivity index (χ0v) is 13.4. The first kappa shape index (κ1) is 18.0. The summed E-state index contributed by atoms with van der Waals surface area (Å²) in [5.41, 5.74) is -1.38. The molecule has 0 amide bonds. The maximum Gasteiger partial charge on any atom is 0.323 e. The molecule has 0 aromatic carbocycles. The molecule has 0 aliphatic heterocycles. The van der Waals surface area contributed by atoms with E-state index in [-0.39, 0.29) is 19.6 Å². The molecule has 122 valence electrons. The number of hydrogen-bond donors (Lipinski definition) is 1. The Hall–Kier alpha value is -1.10. The first-order chi connectivity index (χ1) is 10.0. The smallest absolute Gasteiger partial charge is 0.323 e. The van der Waals surface area contributed by atoms with Crippen LogP contribution < -0.4 is 0 Å². The predicted octanol–water partition coefficient (Wildman–Crippen LogP) is 2.45. The van der Waals surface area contributed by atoms with E-state index >= 15 is 0 Å². The largest absolute Gasteiger partial charge is 0.465 e. The minimum absolute atomic E-state index is 0.211. The van der Waals surface area contributed by atoms with Crippen molar-refractivity contribution in [3.05, 3.63) is 0 Å². The molecular formula is C16H28O5. The molecular weight excluding hydrogens is 272 g/mol. The van der Waals surface area contributed by atoms with Crippen LogP contribution in [0, 0.1) is 11.3 Å². The SMILES string of the molecule is CCOC(=O)C(CC)(C(=O)OCC)C1CCCCCC1O. The third-order valence-electron chi connectivity index (χ3n) is 4.45. The van der Waals surface area contributed by atoms with Gasteiger partial charge in [0.15, 0.2) is 5.41 Å². The van der Waals surface area contributed by atoms with E-state index < -0.39 is 29.4 Å². The summed E-state index contributed by atoms with van der Waals surface area (Å²) in [7, 11) is 0. The molecule has 1 rings (SSSR count). The van der Waals surface area contributed by atoms with Crippen LogP contribution >= 0.6 is 0 Å². The molecule has 0 aromatic rings. The zero-order valence-electron chi connectivity index (χ0n) is 13.4. The van der Waals surface area contributed by atoms with Gasteiger partial charge in [0, 0.05) is 5.92 Å². The van der Waals surface area contributed by atoms with Crippen molar-refractivity contribution in [1.29, 1.82) is 0 Å². The summed E-state index contributed by atoms with van der Waals surface area (Å²) in [6, 6.07) is 0. The van der Waals surface area contributed by atoms with Crippen LogP contribution in [0.3, 0.4) is 0 Å². The summed E-state index contributed by atoms with van der Waals surface area (Å²) < 4.78 is 10.3. The van der Waals surface area contributed by atoms with Crippen molar-refractivity contribution in [2.75, 3.05) is 13.2 Å². The Bertz CT molecular complexity index is 335. The van der Waals surface area contributed by atoms with Crippen LogP contribution in [0.5, 0.6) is 0 Å². The van der Waals surface area contributed by atoms with Crippen molar-refractivity contribution < 1.29 is 24.2 Å². The third kappa shape index (κ3) is 3.76. The van der Waals surface area contributed by atoms with Gasteiger partial charge in [-0.1, -0.05) is 26.2 Å². The minimum Gasteiger partial charge on any atom is -0.465 e. The van der Waals surface area contributed by atoms with Crippen molar-refractivity contribution in [1.82, 2.24) is 0 Å². The molecule has 1 saturated carbocycles. The molecule has 1 N–H and O–H groups in total. The molecule has 0 spiro atoms. The Morgan fingerprint density at radius 1 is 1.00 bits per heavy atom. The fraction of sp³-hybridized carbons (Fsp3) is 0.875. The highest BCUT2D eigenvalue weighted by atomic mass is 16.6. The summed E-state index contributed by atoms with van der Waals surface area (Å²) in [5, 5.41) is 10.4. The summed E-state index contributed by atoms with van der Waals surface area (Å²) in [6.45, 7) is 5.64. The molecule has 0 saturated heterocycles. The summed E-state index contributed by atoms with van der Waals surface area (Å²) in [5.74, 6) is -1.54. The lowest BCUT2D eigenvalue weighted by molar-refractivity contribution is -0.181. The van der Waals surface area contributed by atoms with Gasteiger partial charge in [0.25, 0.3) is 0 Å². The Morgan fingerprint density at radius 3 is 2.00 bits per heavy atom. The summed E-state index contributed by atoms with van der Waals surface area (Å²) in [4.78, 5) is 25.1. The normalized spacial score (nSPS) is 23.2. The molecule has 2 unspecified atom stereocenters. The number of aliphatic hydroxyl groups is 1. The molecule has 0 aromatic heterocycles. The van der Waals surface area contributed by atoms with Crippen LogP contribution in [0.15, 0.2) is 0 Å². The van der Waals surface area contributed by atoms with E-state index in [1.807, 2.05) is 0 Å². The Labute approximate surface area is 127 Å². The van der Waals surface area contributed by atoms with E-state index in [0.717, 1.165) is 19.3 Å². The number of aliphatic hydroxyl groups excluding tert-OH is 1. The molecule has 21 heavy (non-hydrogen) atoms. The molecule has 0 radical (unpaired) electrons. The lowest BCUT2D eigenvalue weighted by atomic mass is 9.68. The van der Waals surface area contributed by atoms with Crippen molar-refractivity contribution in [2.45, 2.75) is 65.4 Å². The molecule has 0 heterocycles. The number of carbonyl (C=O) groups excluding carboxylic acids is 2.